The molecule has 0 heterocycles. The van der Waals surface area contributed by atoms with Gasteiger partial charge in [0.2, 0.25) is 0 Å². The number of anilines is 1. The number of alkyl halides is 3. The standard InChI is InChI=1S/C17H12ClF3N2O3S/c1-2-8-22-16(24)14-10-13(6-7-15(14)18)27(25,26)23-12-5-3-4-11(9-12)17(19,20)21/h1,3-7,9-10,23H,8H2,(H,22,24). The second-order valence-corrected chi connectivity index (χ2v) is 7.30. The molecule has 0 unspecified atom stereocenters. The lowest BCUT2D eigenvalue weighted by molar-refractivity contribution is -0.137. The number of rotatable bonds is 5. The van der Waals surface area contributed by atoms with E-state index >= 15 is 0 Å². The molecule has 0 aliphatic carbocycles. The van der Waals surface area contributed by atoms with Crippen LogP contribution in [0.1, 0.15) is 15.9 Å². The van der Waals surface area contributed by atoms with E-state index in [2.05, 4.69) is 11.2 Å². The van der Waals surface area contributed by atoms with Gasteiger partial charge in [-0.3, -0.25) is 9.52 Å². The van der Waals surface area contributed by atoms with Crippen molar-refractivity contribution in [2.75, 3.05) is 11.3 Å². The molecule has 0 fully saturated rings. The summed E-state index contributed by atoms with van der Waals surface area (Å²) in [7, 11) is -4.27. The number of hydrogen-bond acceptors (Lipinski definition) is 3. The van der Waals surface area contributed by atoms with Crippen molar-refractivity contribution in [1.29, 1.82) is 0 Å². The van der Waals surface area contributed by atoms with Crippen LogP contribution in [0.25, 0.3) is 0 Å². The van der Waals surface area contributed by atoms with Crippen LogP contribution in [-0.2, 0) is 16.2 Å². The summed E-state index contributed by atoms with van der Waals surface area (Å²) < 4.78 is 65.3. The molecule has 142 valence electrons. The van der Waals surface area contributed by atoms with Crippen molar-refractivity contribution in [3.05, 3.63) is 58.6 Å². The van der Waals surface area contributed by atoms with Gasteiger partial charge in [-0.2, -0.15) is 13.2 Å². The number of nitrogens with one attached hydrogen (secondary N) is 2. The summed E-state index contributed by atoms with van der Waals surface area (Å²) in [5.74, 6) is 1.50. The highest BCUT2D eigenvalue weighted by Gasteiger charge is 2.30. The predicted octanol–water partition coefficient (Wildman–Crippen LogP) is 3.52. The number of carbonyl (C=O) groups excluding carboxylic acids is 1. The van der Waals surface area contributed by atoms with Gasteiger partial charge < -0.3 is 5.32 Å². The van der Waals surface area contributed by atoms with Crippen LogP contribution in [0.3, 0.4) is 0 Å². The zero-order chi connectivity index (χ0) is 20.2. The number of carbonyl (C=O) groups is 1. The topological polar surface area (TPSA) is 75.3 Å². The molecule has 0 atom stereocenters. The Morgan fingerprint density at radius 3 is 2.52 bits per heavy atom. The first-order valence-electron chi connectivity index (χ1n) is 7.26. The average Bonchev–Trinajstić information content (AvgIpc) is 2.59. The summed E-state index contributed by atoms with van der Waals surface area (Å²) in [6, 6.07) is 7.03. The van der Waals surface area contributed by atoms with Crippen LogP contribution in [0.5, 0.6) is 0 Å². The molecule has 0 bridgehead atoms. The zero-order valence-corrected chi connectivity index (χ0v) is 15.0. The van der Waals surface area contributed by atoms with Crippen LogP contribution in [0, 0.1) is 12.3 Å². The Bertz CT molecular complexity index is 1010. The SMILES string of the molecule is C#CCNC(=O)c1cc(S(=O)(=O)Nc2cccc(C(F)(F)F)c2)ccc1Cl. The molecule has 27 heavy (non-hydrogen) atoms. The van der Waals surface area contributed by atoms with Gasteiger partial charge in [0.1, 0.15) is 0 Å². The number of sulfonamides is 1. The van der Waals surface area contributed by atoms with E-state index in [4.69, 9.17) is 18.0 Å². The zero-order valence-electron chi connectivity index (χ0n) is 13.5. The molecule has 2 N–H and O–H groups in total. The van der Waals surface area contributed by atoms with Crippen molar-refractivity contribution in [2.24, 2.45) is 0 Å². The number of hydrogen-bond donors (Lipinski definition) is 2. The van der Waals surface area contributed by atoms with Crippen molar-refractivity contribution in [2.45, 2.75) is 11.1 Å². The highest BCUT2D eigenvalue weighted by Crippen LogP contribution is 2.31. The first kappa shape index (κ1) is 20.6. The quantitative estimate of drug-likeness (QED) is 0.732. The first-order chi connectivity index (χ1) is 12.5. The van der Waals surface area contributed by atoms with E-state index in [0.717, 1.165) is 24.3 Å². The first-order valence-corrected chi connectivity index (χ1v) is 9.12. The Kier molecular flexibility index (Phi) is 6.03. The number of amides is 1. The molecule has 2 aromatic rings. The summed E-state index contributed by atoms with van der Waals surface area (Å²) in [6.07, 6.45) is 0.416. The maximum Gasteiger partial charge on any atom is 0.416 e. The molecule has 10 heteroatoms. The van der Waals surface area contributed by atoms with Crippen LogP contribution in [0.2, 0.25) is 5.02 Å². The Balaban J connectivity index is 2.35. The van der Waals surface area contributed by atoms with Gasteiger partial charge in [0.15, 0.2) is 0 Å². The van der Waals surface area contributed by atoms with E-state index in [1.54, 1.807) is 0 Å². The minimum Gasteiger partial charge on any atom is -0.341 e. The van der Waals surface area contributed by atoms with Gasteiger partial charge in [-0.1, -0.05) is 23.6 Å². The molecule has 0 saturated carbocycles. The minimum absolute atomic E-state index is 0.0115. The van der Waals surface area contributed by atoms with Crippen molar-refractivity contribution >= 4 is 33.2 Å². The smallest absolute Gasteiger partial charge is 0.341 e. The molecular formula is C17H12ClF3N2O3S. The Morgan fingerprint density at radius 2 is 1.89 bits per heavy atom. The maximum atomic E-state index is 12.8. The Hall–Kier alpha value is -2.70. The third-order valence-electron chi connectivity index (χ3n) is 3.29. The van der Waals surface area contributed by atoms with Gasteiger partial charge in [-0.25, -0.2) is 8.42 Å². The summed E-state index contributed by atoms with van der Waals surface area (Å²) >= 11 is 5.90. The van der Waals surface area contributed by atoms with Gasteiger partial charge in [0, 0.05) is 5.69 Å². The van der Waals surface area contributed by atoms with Gasteiger partial charge in [0.05, 0.1) is 27.6 Å². The fraction of sp³-hybridized carbons (Fsp3) is 0.118. The van der Waals surface area contributed by atoms with E-state index in [-0.39, 0.29) is 27.7 Å². The molecule has 5 nitrogen and oxygen atoms in total. The van der Waals surface area contributed by atoms with Crippen molar-refractivity contribution < 1.29 is 26.4 Å². The maximum absolute atomic E-state index is 12.8. The van der Waals surface area contributed by atoms with Crippen LogP contribution in [0.4, 0.5) is 18.9 Å². The van der Waals surface area contributed by atoms with Crippen LogP contribution in [-0.4, -0.2) is 20.9 Å². The second-order valence-electron chi connectivity index (χ2n) is 5.21. The van der Waals surface area contributed by atoms with Gasteiger partial charge in [0.25, 0.3) is 15.9 Å². The van der Waals surface area contributed by atoms with Gasteiger partial charge in [-0.15, -0.1) is 6.42 Å². The van der Waals surface area contributed by atoms with Crippen LogP contribution < -0.4 is 10.0 Å². The fourth-order valence-corrected chi connectivity index (χ4v) is 3.32. The lowest BCUT2D eigenvalue weighted by Crippen LogP contribution is -2.24. The Morgan fingerprint density at radius 1 is 1.19 bits per heavy atom. The van der Waals surface area contributed by atoms with Crippen molar-refractivity contribution in [1.82, 2.24) is 5.32 Å². The van der Waals surface area contributed by atoms with Gasteiger partial charge in [-0.05, 0) is 36.4 Å². The molecule has 0 aliphatic rings. The average molecular weight is 417 g/mol. The highest BCUT2D eigenvalue weighted by molar-refractivity contribution is 7.92. The van der Waals surface area contributed by atoms with E-state index in [1.165, 1.54) is 12.1 Å². The molecule has 0 aliphatic heterocycles. The molecule has 2 rings (SSSR count). The highest BCUT2D eigenvalue weighted by atomic mass is 35.5. The fourth-order valence-electron chi connectivity index (χ4n) is 2.05. The number of terminal acetylenes is 1. The van der Waals surface area contributed by atoms with Crippen molar-refractivity contribution in [3.63, 3.8) is 0 Å². The van der Waals surface area contributed by atoms with Crippen molar-refractivity contribution in [3.8, 4) is 12.3 Å². The molecule has 1 amide bonds. The number of benzene rings is 2. The number of halogens is 4. The van der Waals surface area contributed by atoms with Crippen LogP contribution >= 0.6 is 11.6 Å². The largest absolute Gasteiger partial charge is 0.416 e. The molecule has 0 saturated heterocycles. The summed E-state index contributed by atoms with van der Waals surface area (Å²) in [4.78, 5) is 11.6. The lowest BCUT2D eigenvalue weighted by Gasteiger charge is -2.12. The van der Waals surface area contributed by atoms with E-state index in [9.17, 15) is 26.4 Å². The predicted molar refractivity (Wildman–Crippen MR) is 94.9 cm³/mol. The van der Waals surface area contributed by atoms with E-state index in [1.807, 2.05) is 4.72 Å². The summed E-state index contributed by atoms with van der Waals surface area (Å²) in [5, 5.41) is 2.33. The second kappa shape index (κ2) is 7.90. The molecule has 0 spiro atoms. The molecule has 2 aromatic carbocycles. The summed E-state index contributed by atoms with van der Waals surface area (Å²) in [6.45, 7) is -0.0887. The monoisotopic (exact) mass is 416 g/mol. The Labute approximate surface area is 158 Å². The molecule has 0 radical (unpaired) electrons. The summed E-state index contributed by atoms with van der Waals surface area (Å²) in [5.41, 5.74) is -1.43. The normalized spacial score (nSPS) is 11.5. The van der Waals surface area contributed by atoms with Crippen LogP contribution in [0.15, 0.2) is 47.4 Å². The molecular weight excluding hydrogens is 405 g/mol. The molecule has 0 aromatic heterocycles. The minimum atomic E-state index is -4.62. The third kappa shape index (κ3) is 5.15. The van der Waals surface area contributed by atoms with Gasteiger partial charge >= 0.3 is 6.18 Å². The lowest BCUT2D eigenvalue weighted by atomic mass is 10.2. The van der Waals surface area contributed by atoms with E-state index in [0.29, 0.717) is 6.07 Å². The third-order valence-corrected chi connectivity index (χ3v) is 4.99. The van der Waals surface area contributed by atoms with E-state index < -0.39 is 27.7 Å².